The van der Waals surface area contributed by atoms with Crippen LogP contribution in [0.3, 0.4) is 0 Å². The number of hydrogen-bond donors (Lipinski definition) is 0. The Morgan fingerprint density at radius 2 is 1.03 bits per heavy atom. The molecule has 2 aliphatic rings. The first-order chi connectivity index (χ1) is 29.1. The summed E-state index contributed by atoms with van der Waals surface area (Å²) in [6, 6.07) is 73.6. The number of rotatable bonds is 5. The zero-order chi connectivity index (χ0) is 39.3. The van der Waals surface area contributed by atoms with E-state index in [1.165, 1.54) is 67.2 Å². The van der Waals surface area contributed by atoms with Crippen molar-refractivity contribution in [3.63, 3.8) is 0 Å². The molecule has 0 saturated heterocycles. The van der Waals surface area contributed by atoms with Crippen molar-refractivity contribution >= 4 is 52.7 Å². The van der Waals surface area contributed by atoms with Gasteiger partial charge in [-0.15, -0.1) is 0 Å². The molecule has 10 aromatic rings. The first kappa shape index (κ1) is 34.2. The molecule has 3 heterocycles. The Kier molecular flexibility index (Phi) is 7.45. The summed E-state index contributed by atoms with van der Waals surface area (Å²) in [5.41, 5.74) is 14.0. The Hall–Kier alpha value is -6.82. The topological polar surface area (TPSA) is 30.7 Å². The Balaban J connectivity index is 1.20. The summed E-state index contributed by atoms with van der Waals surface area (Å²) in [5.74, 6) is 0.730. The molecule has 1 aliphatic heterocycles. The summed E-state index contributed by atoms with van der Waals surface area (Å²) in [4.78, 5) is 11.6. The molecule has 0 N–H and O–H groups in total. The zero-order valence-electron chi connectivity index (χ0n) is 32.9. The molecule has 1 aliphatic carbocycles. The summed E-state index contributed by atoms with van der Waals surface area (Å²) in [5, 5.41) is 2.50. The SMILES string of the molecule is CC1(C)c2ccccc2-c2ccc3c4ccccc4n(-c4ccccc4-c4nc(-c5ccccc5)[c]5c(n4)-c4cccc[c]4[Ge]5([c]4ccccc4)[c]4ccccc4)c3c21. The summed E-state index contributed by atoms with van der Waals surface area (Å²) in [6.45, 7) is 4.77. The van der Waals surface area contributed by atoms with Gasteiger partial charge in [0.2, 0.25) is 0 Å². The fourth-order valence-corrected chi connectivity index (χ4v) is 21.6. The molecule has 8 aromatic carbocycles. The van der Waals surface area contributed by atoms with Crippen LogP contribution in [0.25, 0.3) is 72.5 Å². The van der Waals surface area contributed by atoms with Crippen molar-refractivity contribution in [2.75, 3.05) is 0 Å². The molecule has 0 amide bonds. The van der Waals surface area contributed by atoms with E-state index in [1.54, 1.807) is 0 Å². The molecular formula is C55H39GeN3. The van der Waals surface area contributed by atoms with Crippen molar-refractivity contribution in [2.24, 2.45) is 0 Å². The second-order valence-electron chi connectivity index (χ2n) is 16.4. The predicted molar refractivity (Wildman–Crippen MR) is 247 cm³/mol. The summed E-state index contributed by atoms with van der Waals surface area (Å²) in [6.07, 6.45) is 0. The van der Waals surface area contributed by atoms with Gasteiger partial charge in [-0.2, -0.15) is 0 Å². The molecule has 0 radical (unpaired) electrons. The fourth-order valence-electron chi connectivity index (χ4n) is 10.7. The van der Waals surface area contributed by atoms with Crippen LogP contribution in [0.4, 0.5) is 0 Å². The van der Waals surface area contributed by atoms with Crippen LogP contribution in [-0.2, 0) is 5.41 Å². The summed E-state index contributed by atoms with van der Waals surface area (Å²) in [7, 11) is 0. The van der Waals surface area contributed by atoms with Crippen LogP contribution in [0, 0.1) is 0 Å². The van der Waals surface area contributed by atoms with Crippen LogP contribution in [-0.4, -0.2) is 27.8 Å². The van der Waals surface area contributed by atoms with Gasteiger partial charge in [0.05, 0.1) is 0 Å². The number of aromatic nitrogens is 3. The first-order valence-corrected chi connectivity index (χ1v) is 24.7. The third-order valence-corrected chi connectivity index (χ3v) is 23.3. The van der Waals surface area contributed by atoms with Gasteiger partial charge in [-0.05, 0) is 0 Å². The van der Waals surface area contributed by atoms with Gasteiger partial charge in [-0.25, -0.2) is 0 Å². The second kappa shape index (κ2) is 12.8. The maximum absolute atomic E-state index is 5.80. The van der Waals surface area contributed by atoms with Gasteiger partial charge >= 0.3 is 336 Å². The molecule has 4 heteroatoms. The van der Waals surface area contributed by atoms with Crippen molar-refractivity contribution in [2.45, 2.75) is 19.3 Å². The molecule has 2 aromatic heterocycles. The Morgan fingerprint density at radius 1 is 0.458 bits per heavy atom. The molecule has 278 valence electrons. The first-order valence-electron chi connectivity index (χ1n) is 20.5. The zero-order valence-corrected chi connectivity index (χ0v) is 35.0. The molecule has 0 unspecified atom stereocenters. The Morgan fingerprint density at radius 3 is 1.78 bits per heavy atom. The fraction of sp³-hybridized carbons (Fsp3) is 0.0545. The molecule has 0 spiro atoms. The molecule has 0 fully saturated rings. The van der Waals surface area contributed by atoms with E-state index in [9.17, 15) is 0 Å². The standard InChI is InChI=1S/C55H39GeN3/c1-55(2)45-30-16-12-26-39(45)41-34-35-42-40-27-14-18-32-47(40)59(53(42)49(41)55)48-33-19-15-29-44(48)54-57-51(36-20-6-3-7-21-36)50-52(58-54)43-28-13-17-31-46(43)56(50,37-22-8-4-9-23-37)38-24-10-5-11-25-38/h3-35H,1-2H3. The number of fused-ring (bicyclic) bond motifs is 10. The third kappa shape index (κ3) is 4.71. The number of benzene rings is 8. The van der Waals surface area contributed by atoms with Gasteiger partial charge in [-0.3, -0.25) is 0 Å². The van der Waals surface area contributed by atoms with E-state index in [0.717, 1.165) is 34.0 Å². The van der Waals surface area contributed by atoms with Crippen molar-refractivity contribution < 1.29 is 0 Å². The second-order valence-corrected chi connectivity index (χ2v) is 24.2. The van der Waals surface area contributed by atoms with Gasteiger partial charge in [-0.1, -0.05) is 12.1 Å². The van der Waals surface area contributed by atoms with Crippen LogP contribution in [0.2, 0.25) is 0 Å². The van der Waals surface area contributed by atoms with Gasteiger partial charge in [0.25, 0.3) is 0 Å². The Labute approximate surface area is 346 Å². The Bertz CT molecular complexity index is 3250. The van der Waals surface area contributed by atoms with E-state index in [2.05, 4.69) is 219 Å². The van der Waals surface area contributed by atoms with Crippen molar-refractivity contribution in [1.82, 2.24) is 14.5 Å². The van der Waals surface area contributed by atoms with Crippen LogP contribution in [0.15, 0.2) is 200 Å². The predicted octanol–water partition coefficient (Wildman–Crippen LogP) is 10.6. The number of nitrogens with zero attached hydrogens (tertiary/aromatic N) is 3. The normalized spacial score (nSPS) is 14.2. The van der Waals surface area contributed by atoms with Gasteiger partial charge in [0.1, 0.15) is 0 Å². The van der Waals surface area contributed by atoms with Gasteiger partial charge < -0.3 is 0 Å². The number of para-hydroxylation sites is 2. The molecule has 0 bridgehead atoms. The molecule has 3 nitrogen and oxygen atoms in total. The van der Waals surface area contributed by atoms with Crippen LogP contribution < -0.4 is 17.6 Å². The van der Waals surface area contributed by atoms with Crippen molar-refractivity contribution in [3.05, 3.63) is 211 Å². The van der Waals surface area contributed by atoms with Gasteiger partial charge in [0, 0.05) is 0 Å². The van der Waals surface area contributed by atoms with Crippen LogP contribution >= 0.6 is 0 Å². The van der Waals surface area contributed by atoms with E-state index >= 15 is 0 Å². The van der Waals surface area contributed by atoms with Crippen LogP contribution in [0.5, 0.6) is 0 Å². The third-order valence-electron chi connectivity index (χ3n) is 13.1. The monoisotopic (exact) mass is 815 g/mol. The van der Waals surface area contributed by atoms with E-state index in [4.69, 9.17) is 9.97 Å². The van der Waals surface area contributed by atoms with E-state index in [1.807, 2.05) is 0 Å². The van der Waals surface area contributed by atoms with E-state index in [-0.39, 0.29) is 5.41 Å². The van der Waals surface area contributed by atoms with Crippen LogP contribution in [0.1, 0.15) is 25.0 Å². The van der Waals surface area contributed by atoms with E-state index < -0.39 is 13.3 Å². The average molecular weight is 815 g/mol. The molecule has 59 heavy (non-hydrogen) atoms. The van der Waals surface area contributed by atoms with Gasteiger partial charge in [0.15, 0.2) is 0 Å². The van der Waals surface area contributed by atoms with E-state index in [0.29, 0.717) is 0 Å². The minimum absolute atomic E-state index is 0.203. The molecule has 0 saturated carbocycles. The molecule has 12 rings (SSSR count). The molecular weight excluding hydrogens is 775 g/mol. The number of hydrogen-bond acceptors (Lipinski definition) is 2. The maximum atomic E-state index is 5.80. The summed E-state index contributed by atoms with van der Waals surface area (Å²) < 4.78 is 7.96. The minimum atomic E-state index is -3.70. The average Bonchev–Trinajstić information content (AvgIpc) is 3.88. The van der Waals surface area contributed by atoms with Crippen molar-refractivity contribution in [3.8, 4) is 50.7 Å². The quantitative estimate of drug-likeness (QED) is 0.162. The molecule has 0 atom stereocenters. The summed E-state index contributed by atoms with van der Waals surface area (Å²) >= 11 is -3.70. The van der Waals surface area contributed by atoms with Crippen molar-refractivity contribution in [1.29, 1.82) is 0 Å².